The van der Waals surface area contributed by atoms with Crippen LogP contribution in [-0.4, -0.2) is 23.5 Å². The van der Waals surface area contributed by atoms with Crippen molar-refractivity contribution >= 4 is 0 Å². The second-order valence-corrected chi connectivity index (χ2v) is 7.59. The number of fused-ring (bicyclic) bond motifs is 2. The lowest BCUT2D eigenvalue weighted by Crippen LogP contribution is -2.47. The monoisotopic (exact) mass is 223 g/mol. The Balaban J connectivity index is 2.00. The number of rotatable bonds is 2. The highest BCUT2D eigenvalue weighted by atomic mass is 15.2. The summed E-state index contributed by atoms with van der Waals surface area (Å²) < 4.78 is 0. The maximum absolute atomic E-state index is 2.83. The Morgan fingerprint density at radius 2 is 1.56 bits per heavy atom. The van der Waals surface area contributed by atoms with E-state index >= 15 is 0 Å². The maximum atomic E-state index is 2.83. The number of hydrogen-bond acceptors (Lipinski definition) is 1. The molecule has 2 aliphatic heterocycles. The minimum absolute atomic E-state index is 0.464. The van der Waals surface area contributed by atoms with Crippen LogP contribution in [0.3, 0.4) is 0 Å². The van der Waals surface area contributed by atoms with Gasteiger partial charge in [0.2, 0.25) is 0 Å². The highest BCUT2D eigenvalue weighted by molar-refractivity contribution is 4.96. The van der Waals surface area contributed by atoms with Crippen molar-refractivity contribution in [3.8, 4) is 0 Å². The van der Waals surface area contributed by atoms with Gasteiger partial charge in [-0.05, 0) is 42.9 Å². The SMILES string of the molecule is CC(C)C1CC2CCC(C1)N2CC(C)(C)C. The number of hydrogen-bond donors (Lipinski definition) is 0. The van der Waals surface area contributed by atoms with Gasteiger partial charge in [-0.25, -0.2) is 0 Å². The fourth-order valence-electron chi connectivity index (χ4n) is 3.67. The summed E-state index contributed by atoms with van der Waals surface area (Å²) in [5.41, 5.74) is 0.464. The first-order valence-corrected chi connectivity index (χ1v) is 7.12. The fourth-order valence-corrected chi connectivity index (χ4v) is 3.67. The molecule has 1 heteroatoms. The standard InChI is InChI=1S/C15H29N/c1-11(2)12-8-13-6-7-14(9-12)16(13)10-15(3,4)5/h11-14H,6-10H2,1-5H3. The van der Waals surface area contributed by atoms with Crippen LogP contribution < -0.4 is 0 Å². The van der Waals surface area contributed by atoms with Crippen LogP contribution >= 0.6 is 0 Å². The normalized spacial score (nSPS) is 36.0. The Morgan fingerprint density at radius 1 is 1.06 bits per heavy atom. The molecule has 0 aliphatic carbocycles. The van der Waals surface area contributed by atoms with Gasteiger partial charge in [-0.1, -0.05) is 34.6 Å². The first-order valence-electron chi connectivity index (χ1n) is 7.12. The Morgan fingerprint density at radius 3 is 1.94 bits per heavy atom. The Kier molecular flexibility index (Phi) is 3.36. The molecule has 0 saturated carbocycles. The van der Waals surface area contributed by atoms with Gasteiger partial charge >= 0.3 is 0 Å². The molecule has 94 valence electrons. The van der Waals surface area contributed by atoms with Crippen molar-refractivity contribution in [2.24, 2.45) is 17.3 Å². The van der Waals surface area contributed by atoms with E-state index in [9.17, 15) is 0 Å². The highest BCUT2D eigenvalue weighted by Crippen LogP contribution is 2.42. The van der Waals surface area contributed by atoms with Gasteiger partial charge in [-0.3, -0.25) is 4.90 Å². The van der Waals surface area contributed by atoms with Gasteiger partial charge in [-0.15, -0.1) is 0 Å². The molecule has 16 heavy (non-hydrogen) atoms. The summed E-state index contributed by atoms with van der Waals surface area (Å²) in [5.74, 6) is 1.88. The van der Waals surface area contributed by atoms with Crippen LogP contribution in [0.1, 0.15) is 60.3 Å². The smallest absolute Gasteiger partial charge is 0.0102 e. The third-order valence-electron chi connectivity index (χ3n) is 4.52. The van der Waals surface area contributed by atoms with Gasteiger partial charge in [0.05, 0.1) is 0 Å². The molecule has 0 N–H and O–H groups in total. The Bertz CT molecular complexity index is 224. The van der Waals surface area contributed by atoms with Crippen LogP contribution in [0.15, 0.2) is 0 Å². The lowest BCUT2D eigenvalue weighted by molar-refractivity contribution is 0.0561. The van der Waals surface area contributed by atoms with Gasteiger partial charge in [0.15, 0.2) is 0 Å². The first-order chi connectivity index (χ1) is 7.37. The molecule has 2 unspecified atom stereocenters. The summed E-state index contributed by atoms with van der Waals surface area (Å²) in [7, 11) is 0. The van der Waals surface area contributed by atoms with Crippen LogP contribution in [0.2, 0.25) is 0 Å². The second kappa shape index (κ2) is 4.33. The predicted octanol–water partition coefficient (Wildman–Crippen LogP) is 3.93. The van der Waals surface area contributed by atoms with Crippen molar-refractivity contribution in [1.82, 2.24) is 4.90 Å². The molecule has 2 bridgehead atoms. The summed E-state index contributed by atoms with van der Waals surface area (Å²) in [6, 6.07) is 1.82. The maximum Gasteiger partial charge on any atom is 0.0102 e. The average Bonchev–Trinajstić information content (AvgIpc) is 2.39. The number of nitrogens with zero attached hydrogens (tertiary/aromatic N) is 1. The van der Waals surface area contributed by atoms with E-state index in [1.807, 2.05) is 0 Å². The molecule has 2 heterocycles. The van der Waals surface area contributed by atoms with Crippen LogP contribution in [0, 0.1) is 17.3 Å². The third kappa shape index (κ3) is 2.61. The van der Waals surface area contributed by atoms with Crippen LogP contribution in [0.5, 0.6) is 0 Å². The van der Waals surface area contributed by atoms with Gasteiger partial charge in [0, 0.05) is 18.6 Å². The molecule has 0 aromatic carbocycles. The Hall–Kier alpha value is -0.0400. The average molecular weight is 223 g/mol. The minimum atomic E-state index is 0.464. The largest absolute Gasteiger partial charge is 0.297 e. The molecular formula is C15H29N. The van der Waals surface area contributed by atoms with Gasteiger partial charge in [0.1, 0.15) is 0 Å². The van der Waals surface area contributed by atoms with Crippen molar-refractivity contribution in [2.75, 3.05) is 6.54 Å². The molecule has 0 spiro atoms. The van der Waals surface area contributed by atoms with E-state index in [2.05, 4.69) is 39.5 Å². The summed E-state index contributed by atoms with van der Waals surface area (Å²) in [4.78, 5) is 2.83. The molecule has 1 nitrogen and oxygen atoms in total. The molecular weight excluding hydrogens is 194 g/mol. The van der Waals surface area contributed by atoms with E-state index < -0.39 is 0 Å². The van der Waals surface area contributed by atoms with Crippen molar-refractivity contribution in [2.45, 2.75) is 72.4 Å². The van der Waals surface area contributed by atoms with Gasteiger partial charge < -0.3 is 0 Å². The van der Waals surface area contributed by atoms with Crippen molar-refractivity contribution < 1.29 is 0 Å². The summed E-state index contributed by atoms with van der Waals surface area (Å²) in [6.07, 6.45) is 5.85. The minimum Gasteiger partial charge on any atom is -0.297 e. The van der Waals surface area contributed by atoms with E-state index in [-0.39, 0.29) is 0 Å². The molecule has 2 fully saturated rings. The summed E-state index contributed by atoms with van der Waals surface area (Å²) in [5, 5.41) is 0. The van der Waals surface area contributed by atoms with Gasteiger partial charge in [-0.2, -0.15) is 0 Å². The zero-order valence-electron chi connectivity index (χ0n) is 11.8. The molecule has 0 radical (unpaired) electrons. The van der Waals surface area contributed by atoms with E-state index in [0.717, 1.165) is 23.9 Å². The zero-order valence-corrected chi connectivity index (χ0v) is 11.8. The van der Waals surface area contributed by atoms with Crippen molar-refractivity contribution in [1.29, 1.82) is 0 Å². The van der Waals surface area contributed by atoms with E-state index in [1.165, 1.54) is 32.2 Å². The lowest BCUT2D eigenvalue weighted by atomic mass is 9.81. The zero-order chi connectivity index (χ0) is 11.9. The summed E-state index contributed by atoms with van der Waals surface area (Å²) in [6.45, 7) is 13.2. The highest BCUT2D eigenvalue weighted by Gasteiger charge is 2.42. The predicted molar refractivity (Wildman–Crippen MR) is 70.5 cm³/mol. The molecule has 0 aromatic rings. The lowest BCUT2D eigenvalue weighted by Gasteiger charge is -2.43. The molecule has 2 atom stereocenters. The molecule has 2 rings (SSSR count). The first kappa shape index (κ1) is 12.4. The topological polar surface area (TPSA) is 3.24 Å². The van der Waals surface area contributed by atoms with Crippen LogP contribution in [0.25, 0.3) is 0 Å². The van der Waals surface area contributed by atoms with Gasteiger partial charge in [0.25, 0.3) is 0 Å². The quantitative estimate of drug-likeness (QED) is 0.685. The van der Waals surface area contributed by atoms with E-state index in [1.54, 1.807) is 0 Å². The molecule has 0 amide bonds. The number of piperidine rings is 1. The fraction of sp³-hybridized carbons (Fsp3) is 1.00. The molecule has 2 saturated heterocycles. The Labute approximate surface area is 102 Å². The molecule has 0 aromatic heterocycles. The van der Waals surface area contributed by atoms with E-state index in [4.69, 9.17) is 0 Å². The summed E-state index contributed by atoms with van der Waals surface area (Å²) >= 11 is 0. The molecule has 2 aliphatic rings. The van der Waals surface area contributed by atoms with Crippen molar-refractivity contribution in [3.63, 3.8) is 0 Å². The van der Waals surface area contributed by atoms with Crippen molar-refractivity contribution in [3.05, 3.63) is 0 Å². The van der Waals surface area contributed by atoms with Crippen LogP contribution in [0.4, 0.5) is 0 Å². The van der Waals surface area contributed by atoms with Crippen LogP contribution in [-0.2, 0) is 0 Å². The third-order valence-corrected chi connectivity index (χ3v) is 4.52. The van der Waals surface area contributed by atoms with E-state index in [0.29, 0.717) is 5.41 Å². The second-order valence-electron chi connectivity index (χ2n) is 7.59.